The van der Waals surface area contributed by atoms with Gasteiger partial charge in [0.25, 0.3) is 5.91 Å². The Labute approximate surface area is 194 Å². The Hall–Kier alpha value is -3.19. The van der Waals surface area contributed by atoms with Crippen molar-refractivity contribution in [3.8, 4) is 6.07 Å². The van der Waals surface area contributed by atoms with Crippen molar-refractivity contribution in [1.82, 2.24) is 4.90 Å². The molecule has 2 N–H and O–H groups in total. The van der Waals surface area contributed by atoms with Crippen LogP contribution in [0.25, 0.3) is 0 Å². The fraction of sp³-hybridized carbons (Fsp3) is 0.391. The van der Waals surface area contributed by atoms with Crippen molar-refractivity contribution in [2.45, 2.75) is 56.7 Å². The summed E-state index contributed by atoms with van der Waals surface area (Å²) < 4.78 is 40.6. The SMILES string of the molecule is N#CC1=C(C(F)(F)F)C=C(N2C(=O)C3(CCC3)N(c3ccc(CCC(N)=O)cc3)C2=S)CC1. The quantitative estimate of drug-likeness (QED) is 0.651. The number of primary amides is 1. The summed E-state index contributed by atoms with van der Waals surface area (Å²) in [7, 11) is 0. The van der Waals surface area contributed by atoms with E-state index in [-0.39, 0.29) is 41.6 Å². The monoisotopic (exact) mass is 474 g/mol. The molecule has 0 radical (unpaired) electrons. The predicted molar refractivity (Wildman–Crippen MR) is 118 cm³/mol. The summed E-state index contributed by atoms with van der Waals surface area (Å²) in [5, 5.41) is 9.25. The smallest absolute Gasteiger partial charge is 0.370 e. The highest BCUT2D eigenvalue weighted by Crippen LogP contribution is 2.49. The molecular weight excluding hydrogens is 453 g/mol. The van der Waals surface area contributed by atoms with Gasteiger partial charge >= 0.3 is 6.18 Å². The first-order chi connectivity index (χ1) is 15.6. The van der Waals surface area contributed by atoms with Crippen molar-refractivity contribution in [2.75, 3.05) is 4.90 Å². The molecule has 33 heavy (non-hydrogen) atoms. The maximum Gasteiger partial charge on any atom is 0.417 e. The number of carbonyl (C=O) groups is 2. The number of amides is 2. The van der Waals surface area contributed by atoms with Gasteiger partial charge in [0, 0.05) is 23.4 Å². The number of nitriles is 1. The van der Waals surface area contributed by atoms with Gasteiger partial charge in [0.1, 0.15) is 5.54 Å². The molecule has 1 heterocycles. The van der Waals surface area contributed by atoms with E-state index in [0.29, 0.717) is 24.9 Å². The Balaban J connectivity index is 1.69. The molecule has 10 heteroatoms. The summed E-state index contributed by atoms with van der Waals surface area (Å²) in [4.78, 5) is 27.5. The minimum Gasteiger partial charge on any atom is -0.370 e. The van der Waals surface area contributed by atoms with Crippen LogP contribution in [-0.2, 0) is 16.0 Å². The van der Waals surface area contributed by atoms with Gasteiger partial charge in [-0.15, -0.1) is 0 Å². The maximum absolute atomic E-state index is 13.5. The van der Waals surface area contributed by atoms with E-state index in [1.165, 1.54) is 4.90 Å². The van der Waals surface area contributed by atoms with E-state index in [2.05, 4.69) is 0 Å². The molecule has 172 valence electrons. The number of halogens is 3. The minimum absolute atomic E-state index is 0.106. The lowest BCUT2D eigenvalue weighted by Crippen LogP contribution is -2.55. The van der Waals surface area contributed by atoms with Crippen LogP contribution in [0.3, 0.4) is 0 Å². The lowest BCUT2D eigenvalue weighted by atomic mass is 9.75. The first-order valence-corrected chi connectivity index (χ1v) is 11.0. The Kier molecular flexibility index (Phi) is 5.78. The molecule has 2 fully saturated rings. The van der Waals surface area contributed by atoms with Crippen molar-refractivity contribution in [3.05, 3.63) is 52.7 Å². The Morgan fingerprint density at radius 2 is 1.88 bits per heavy atom. The van der Waals surface area contributed by atoms with Crippen molar-refractivity contribution >= 4 is 34.8 Å². The second-order valence-corrected chi connectivity index (χ2v) is 8.78. The normalized spacial score (nSPS) is 20.1. The van der Waals surface area contributed by atoms with Gasteiger partial charge < -0.3 is 10.6 Å². The second-order valence-electron chi connectivity index (χ2n) is 8.41. The summed E-state index contributed by atoms with van der Waals surface area (Å²) in [5.74, 6) is -0.730. The molecule has 3 aliphatic rings. The van der Waals surface area contributed by atoms with Crippen LogP contribution < -0.4 is 10.6 Å². The third-order valence-electron chi connectivity index (χ3n) is 6.44. The number of carbonyl (C=O) groups excluding carboxylic acids is 2. The summed E-state index contributed by atoms with van der Waals surface area (Å²) in [5.41, 5.74) is 4.64. The molecule has 1 saturated heterocycles. The molecule has 6 nitrogen and oxygen atoms in total. The van der Waals surface area contributed by atoms with Gasteiger partial charge in [-0.3, -0.25) is 14.5 Å². The molecule has 1 saturated carbocycles. The zero-order valence-corrected chi connectivity index (χ0v) is 18.4. The number of anilines is 1. The molecule has 4 rings (SSSR count). The highest BCUT2D eigenvalue weighted by atomic mass is 32.1. The molecule has 2 amide bonds. The molecular formula is C23H21F3N4O2S. The van der Waals surface area contributed by atoms with E-state index in [4.69, 9.17) is 23.2 Å². The fourth-order valence-electron chi connectivity index (χ4n) is 4.57. The zero-order chi connectivity index (χ0) is 24.0. The molecule has 1 aromatic rings. The number of aryl methyl sites for hydroxylation is 1. The third-order valence-corrected chi connectivity index (χ3v) is 6.81. The predicted octanol–water partition coefficient (Wildman–Crippen LogP) is 4.02. The van der Waals surface area contributed by atoms with Crippen molar-refractivity contribution in [1.29, 1.82) is 5.26 Å². The number of hydrogen-bond acceptors (Lipinski definition) is 4. The van der Waals surface area contributed by atoms with E-state index in [1.54, 1.807) is 23.1 Å². The van der Waals surface area contributed by atoms with Gasteiger partial charge in [-0.05, 0) is 74.5 Å². The lowest BCUT2D eigenvalue weighted by Gasteiger charge is -2.43. The first-order valence-electron chi connectivity index (χ1n) is 10.6. The third kappa shape index (κ3) is 3.91. The fourth-order valence-corrected chi connectivity index (χ4v) is 5.05. The highest BCUT2D eigenvalue weighted by molar-refractivity contribution is 7.80. The van der Waals surface area contributed by atoms with E-state index >= 15 is 0 Å². The van der Waals surface area contributed by atoms with Crippen LogP contribution in [0.15, 0.2) is 47.2 Å². The van der Waals surface area contributed by atoms with Crippen LogP contribution in [0, 0.1) is 11.3 Å². The van der Waals surface area contributed by atoms with E-state index in [9.17, 15) is 22.8 Å². The van der Waals surface area contributed by atoms with Crippen molar-refractivity contribution in [2.24, 2.45) is 5.73 Å². The number of allylic oxidation sites excluding steroid dienone is 4. The molecule has 0 atom stereocenters. The standard InChI is InChI=1S/C23H21F3N4O2S/c24-23(25,26)18-12-17(8-5-15(18)13-27)29-20(32)22(10-1-11-22)30(21(29)33)16-6-2-14(3-7-16)4-9-19(28)31/h2-3,6-7,12H,1,4-5,8-11H2,(H2,28,31). The number of nitrogens with two attached hydrogens (primary N) is 1. The molecule has 1 aliphatic heterocycles. The number of rotatable bonds is 5. The van der Waals surface area contributed by atoms with Gasteiger partial charge in [-0.25, -0.2) is 0 Å². The van der Waals surface area contributed by atoms with E-state index in [0.717, 1.165) is 18.1 Å². The largest absolute Gasteiger partial charge is 0.417 e. The van der Waals surface area contributed by atoms with Gasteiger partial charge in [0.2, 0.25) is 5.91 Å². The summed E-state index contributed by atoms with van der Waals surface area (Å²) >= 11 is 5.63. The molecule has 0 bridgehead atoms. The first kappa shape index (κ1) is 23.0. The van der Waals surface area contributed by atoms with E-state index < -0.39 is 23.2 Å². The number of nitrogens with zero attached hydrogens (tertiary/aromatic N) is 3. The summed E-state index contributed by atoms with van der Waals surface area (Å²) in [6, 6.07) is 8.87. The Morgan fingerprint density at radius 1 is 1.21 bits per heavy atom. The molecule has 1 spiro atoms. The molecule has 1 aromatic carbocycles. The van der Waals surface area contributed by atoms with Gasteiger partial charge in [0.15, 0.2) is 5.11 Å². The maximum atomic E-state index is 13.5. The van der Waals surface area contributed by atoms with Gasteiger partial charge in [-0.2, -0.15) is 18.4 Å². The molecule has 2 aliphatic carbocycles. The van der Waals surface area contributed by atoms with Crippen molar-refractivity contribution in [3.63, 3.8) is 0 Å². The summed E-state index contributed by atoms with van der Waals surface area (Å²) in [6.07, 6.45) is -1.21. The Morgan fingerprint density at radius 3 is 2.39 bits per heavy atom. The minimum atomic E-state index is -4.70. The van der Waals surface area contributed by atoms with Crippen LogP contribution in [0.4, 0.5) is 18.9 Å². The number of hydrogen-bond donors (Lipinski definition) is 1. The average Bonchev–Trinajstić information content (AvgIpc) is 2.98. The number of thiocarbonyl (C=S) groups is 1. The van der Waals surface area contributed by atoms with Gasteiger partial charge in [0.05, 0.1) is 11.6 Å². The van der Waals surface area contributed by atoms with Crippen molar-refractivity contribution < 1.29 is 22.8 Å². The van der Waals surface area contributed by atoms with E-state index in [1.807, 2.05) is 12.1 Å². The molecule has 0 unspecified atom stereocenters. The second kappa shape index (κ2) is 8.30. The van der Waals surface area contributed by atoms with Gasteiger partial charge in [-0.1, -0.05) is 12.1 Å². The lowest BCUT2D eigenvalue weighted by molar-refractivity contribution is -0.132. The van der Waals surface area contributed by atoms with Crippen LogP contribution in [0.2, 0.25) is 0 Å². The molecule has 0 aromatic heterocycles. The van der Waals surface area contributed by atoms with Crippen LogP contribution in [0.5, 0.6) is 0 Å². The van der Waals surface area contributed by atoms with Crippen LogP contribution in [0.1, 0.15) is 44.1 Å². The van der Waals surface area contributed by atoms with Crippen LogP contribution in [-0.4, -0.2) is 33.5 Å². The Bertz CT molecular complexity index is 1130. The number of alkyl halides is 3. The zero-order valence-electron chi connectivity index (χ0n) is 17.6. The highest BCUT2D eigenvalue weighted by Gasteiger charge is 2.60. The average molecular weight is 475 g/mol. The number of benzene rings is 1. The van der Waals surface area contributed by atoms with Crippen LogP contribution >= 0.6 is 12.2 Å². The summed E-state index contributed by atoms with van der Waals surface area (Å²) in [6.45, 7) is 0. The topological polar surface area (TPSA) is 90.4 Å².